The number of nitrogens with one attached hydrogen (secondary N) is 1. The van der Waals surface area contributed by atoms with Crippen molar-refractivity contribution in [1.82, 2.24) is 15.1 Å². The van der Waals surface area contributed by atoms with Gasteiger partial charge in [-0.05, 0) is 43.5 Å². The molecule has 2 saturated heterocycles. The number of amides is 2. The van der Waals surface area contributed by atoms with E-state index in [-0.39, 0.29) is 37.4 Å². The van der Waals surface area contributed by atoms with Gasteiger partial charge >= 0.3 is 6.18 Å². The van der Waals surface area contributed by atoms with E-state index in [0.29, 0.717) is 5.56 Å². The third-order valence-corrected chi connectivity index (χ3v) is 5.97. The molecule has 1 aromatic rings. The molecule has 8 heteroatoms. The molecule has 2 heterocycles. The van der Waals surface area contributed by atoms with E-state index < -0.39 is 17.7 Å². The summed E-state index contributed by atoms with van der Waals surface area (Å²) >= 11 is 0. The molecule has 0 radical (unpaired) electrons. The van der Waals surface area contributed by atoms with Crippen LogP contribution in [0, 0.1) is 5.92 Å². The second-order valence-corrected chi connectivity index (χ2v) is 8.35. The van der Waals surface area contributed by atoms with E-state index in [1.165, 1.54) is 23.8 Å². The van der Waals surface area contributed by atoms with Crippen LogP contribution in [0.4, 0.5) is 13.2 Å². The minimum atomic E-state index is -4.42. The summed E-state index contributed by atoms with van der Waals surface area (Å²) in [5.74, 6) is -0.759. The number of halogens is 3. The van der Waals surface area contributed by atoms with E-state index in [4.69, 9.17) is 0 Å². The number of hydrogen-bond donors (Lipinski definition) is 1. The normalized spacial score (nSPS) is 21.3. The Bertz CT molecular complexity index is 745. The molecule has 166 valence electrons. The molecule has 1 atom stereocenters. The average Bonchev–Trinajstić information content (AvgIpc) is 3.07. The largest absolute Gasteiger partial charge is 0.416 e. The molecule has 5 nitrogen and oxygen atoms in total. The van der Waals surface area contributed by atoms with Crippen LogP contribution in [0.15, 0.2) is 24.3 Å². The predicted octanol–water partition coefficient (Wildman–Crippen LogP) is 3.43. The summed E-state index contributed by atoms with van der Waals surface area (Å²) < 4.78 is 38.7. The quantitative estimate of drug-likeness (QED) is 0.728. The topological polar surface area (TPSA) is 52.7 Å². The molecule has 2 aliphatic heterocycles. The summed E-state index contributed by atoms with van der Waals surface area (Å²) in [6.07, 6.45) is -0.139. The van der Waals surface area contributed by atoms with Gasteiger partial charge in [-0.2, -0.15) is 13.2 Å². The number of piperidine rings is 1. The van der Waals surface area contributed by atoms with Crippen molar-refractivity contribution in [1.29, 1.82) is 0 Å². The first-order valence-corrected chi connectivity index (χ1v) is 10.7. The minimum Gasteiger partial charge on any atom is -0.353 e. The van der Waals surface area contributed by atoms with Crippen LogP contribution in [-0.2, 0) is 22.3 Å². The summed E-state index contributed by atoms with van der Waals surface area (Å²) in [4.78, 5) is 28.9. The van der Waals surface area contributed by atoms with Crippen LogP contribution in [0.1, 0.15) is 50.2 Å². The summed E-state index contributed by atoms with van der Waals surface area (Å²) in [7, 11) is 0. The van der Waals surface area contributed by atoms with Crippen molar-refractivity contribution >= 4 is 11.8 Å². The fourth-order valence-electron chi connectivity index (χ4n) is 4.17. The smallest absolute Gasteiger partial charge is 0.353 e. The molecule has 1 aromatic carbocycles. The molecular formula is C22H30F3N3O2. The average molecular weight is 425 g/mol. The number of hydrogen-bond acceptors (Lipinski definition) is 3. The SMILES string of the molecule is CCCCN1CCC(NC(=O)C2CC(=O)N(Cc3cccc(C(F)(F)F)c3)C2)CC1. The van der Waals surface area contributed by atoms with Crippen molar-refractivity contribution in [2.75, 3.05) is 26.2 Å². The first-order chi connectivity index (χ1) is 14.3. The fourth-order valence-corrected chi connectivity index (χ4v) is 4.17. The number of carbonyl (C=O) groups excluding carboxylic acids is 2. The predicted molar refractivity (Wildman–Crippen MR) is 107 cm³/mol. The van der Waals surface area contributed by atoms with Crippen LogP contribution >= 0.6 is 0 Å². The number of alkyl halides is 3. The molecule has 0 spiro atoms. The highest BCUT2D eigenvalue weighted by Gasteiger charge is 2.36. The second-order valence-electron chi connectivity index (χ2n) is 8.35. The highest BCUT2D eigenvalue weighted by atomic mass is 19.4. The second kappa shape index (κ2) is 9.81. The lowest BCUT2D eigenvalue weighted by Crippen LogP contribution is -2.46. The fraction of sp³-hybridized carbons (Fsp3) is 0.636. The summed E-state index contributed by atoms with van der Waals surface area (Å²) in [6, 6.07) is 5.12. The maximum absolute atomic E-state index is 12.9. The highest BCUT2D eigenvalue weighted by molar-refractivity contribution is 5.89. The zero-order chi connectivity index (χ0) is 21.7. The van der Waals surface area contributed by atoms with Crippen molar-refractivity contribution < 1.29 is 22.8 Å². The van der Waals surface area contributed by atoms with E-state index in [2.05, 4.69) is 17.1 Å². The number of carbonyl (C=O) groups is 2. The van der Waals surface area contributed by atoms with Gasteiger partial charge in [-0.25, -0.2) is 0 Å². The van der Waals surface area contributed by atoms with Crippen molar-refractivity contribution in [3.63, 3.8) is 0 Å². The van der Waals surface area contributed by atoms with Crippen LogP contribution in [0.2, 0.25) is 0 Å². The van der Waals surface area contributed by atoms with Crippen LogP contribution in [-0.4, -0.2) is 53.8 Å². The van der Waals surface area contributed by atoms with Crippen LogP contribution < -0.4 is 5.32 Å². The number of benzene rings is 1. The zero-order valence-electron chi connectivity index (χ0n) is 17.4. The summed E-state index contributed by atoms with van der Waals surface area (Å²) in [5.41, 5.74) is -0.315. The molecule has 3 rings (SSSR count). The maximum atomic E-state index is 12.9. The number of nitrogens with zero attached hydrogens (tertiary/aromatic N) is 2. The Morgan fingerprint density at radius 1 is 1.23 bits per heavy atom. The van der Waals surface area contributed by atoms with E-state index >= 15 is 0 Å². The number of rotatable bonds is 7. The third kappa shape index (κ3) is 5.97. The molecule has 2 fully saturated rings. The van der Waals surface area contributed by atoms with Gasteiger partial charge in [0, 0.05) is 38.6 Å². The molecule has 30 heavy (non-hydrogen) atoms. The minimum absolute atomic E-state index is 0.0857. The van der Waals surface area contributed by atoms with Crippen LogP contribution in [0.5, 0.6) is 0 Å². The Kier molecular flexibility index (Phi) is 7.39. The molecule has 1 N–H and O–H groups in total. The maximum Gasteiger partial charge on any atom is 0.416 e. The van der Waals surface area contributed by atoms with Gasteiger partial charge in [-0.1, -0.05) is 25.5 Å². The lowest BCUT2D eigenvalue weighted by Gasteiger charge is -2.32. The van der Waals surface area contributed by atoms with Crippen LogP contribution in [0.3, 0.4) is 0 Å². The molecule has 2 amide bonds. The van der Waals surface area contributed by atoms with Gasteiger partial charge in [0.15, 0.2) is 0 Å². The molecule has 0 bridgehead atoms. The van der Waals surface area contributed by atoms with Gasteiger partial charge in [0.1, 0.15) is 0 Å². The lowest BCUT2D eigenvalue weighted by molar-refractivity contribution is -0.137. The van der Waals surface area contributed by atoms with Gasteiger partial charge in [0.05, 0.1) is 11.5 Å². The monoisotopic (exact) mass is 425 g/mol. The number of unbranched alkanes of at least 4 members (excludes halogenated alkanes) is 1. The van der Waals surface area contributed by atoms with Gasteiger partial charge < -0.3 is 15.1 Å². The standard InChI is InChI=1S/C22H30F3N3O2/c1-2-3-9-27-10-7-19(8-11-27)26-21(30)17-13-20(29)28(15-17)14-16-5-4-6-18(12-16)22(23,24)25/h4-6,12,17,19H,2-3,7-11,13-15H2,1H3,(H,26,30). The van der Waals surface area contributed by atoms with E-state index in [1.807, 2.05) is 0 Å². The van der Waals surface area contributed by atoms with E-state index in [9.17, 15) is 22.8 Å². The van der Waals surface area contributed by atoms with Crippen LogP contribution in [0.25, 0.3) is 0 Å². The summed E-state index contributed by atoms with van der Waals surface area (Å²) in [5, 5.41) is 3.08. The lowest BCUT2D eigenvalue weighted by atomic mass is 10.0. The van der Waals surface area contributed by atoms with Crippen molar-refractivity contribution in [2.45, 2.75) is 57.8 Å². The Morgan fingerprint density at radius 2 is 1.97 bits per heavy atom. The van der Waals surface area contributed by atoms with Crippen molar-refractivity contribution in [2.24, 2.45) is 5.92 Å². The molecular weight excluding hydrogens is 395 g/mol. The van der Waals surface area contributed by atoms with Gasteiger partial charge in [-0.3, -0.25) is 9.59 Å². The third-order valence-electron chi connectivity index (χ3n) is 5.97. The first-order valence-electron chi connectivity index (χ1n) is 10.7. The van der Waals surface area contributed by atoms with E-state index in [1.54, 1.807) is 6.07 Å². The highest BCUT2D eigenvalue weighted by Crippen LogP contribution is 2.30. The van der Waals surface area contributed by atoms with Crippen molar-refractivity contribution in [3.8, 4) is 0 Å². The van der Waals surface area contributed by atoms with E-state index in [0.717, 1.165) is 44.6 Å². The Morgan fingerprint density at radius 3 is 2.63 bits per heavy atom. The van der Waals surface area contributed by atoms with Crippen molar-refractivity contribution in [3.05, 3.63) is 35.4 Å². The molecule has 1 unspecified atom stereocenters. The Hall–Kier alpha value is -2.09. The molecule has 0 aromatic heterocycles. The van der Waals surface area contributed by atoms with Gasteiger partial charge in [0.25, 0.3) is 0 Å². The number of likely N-dealkylation sites (tertiary alicyclic amines) is 2. The molecule has 0 aliphatic carbocycles. The molecule has 2 aliphatic rings. The zero-order valence-corrected chi connectivity index (χ0v) is 17.4. The summed E-state index contributed by atoms with van der Waals surface area (Å²) in [6.45, 7) is 5.54. The first kappa shape index (κ1) is 22.6. The Labute approximate surface area is 175 Å². The van der Waals surface area contributed by atoms with Gasteiger partial charge in [0.2, 0.25) is 11.8 Å². The molecule has 0 saturated carbocycles. The Balaban J connectivity index is 1.49. The van der Waals surface area contributed by atoms with Gasteiger partial charge in [-0.15, -0.1) is 0 Å².